The van der Waals surface area contributed by atoms with E-state index in [1.165, 1.54) is 10.9 Å². The molecule has 0 saturated carbocycles. The van der Waals surface area contributed by atoms with E-state index in [4.69, 9.17) is 5.73 Å². The Morgan fingerprint density at radius 1 is 1.12 bits per heavy atom. The number of hydrogen-bond acceptors (Lipinski definition) is 2. The molecule has 0 aliphatic rings. The Morgan fingerprint density at radius 3 is 2.65 bits per heavy atom. The summed E-state index contributed by atoms with van der Waals surface area (Å²) in [6, 6.07) is 12.3. The molecule has 0 saturated heterocycles. The molecule has 0 aromatic heterocycles. The molecule has 88 valence electrons. The van der Waals surface area contributed by atoms with Crippen LogP contribution < -0.4 is 11.1 Å². The van der Waals surface area contributed by atoms with Crippen LogP contribution in [0.15, 0.2) is 42.5 Å². The molecule has 0 aliphatic heterocycles. The fraction of sp³-hybridized carbons (Fsp3) is 0.200. The Labute approximate surface area is 102 Å². The van der Waals surface area contributed by atoms with Crippen molar-refractivity contribution in [3.8, 4) is 0 Å². The molecule has 2 nitrogen and oxygen atoms in total. The van der Waals surface area contributed by atoms with E-state index in [1.807, 2.05) is 25.2 Å². The van der Waals surface area contributed by atoms with E-state index in [-0.39, 0.29) is 0 Å². The summed E-state index contributed by atoms with van der Waals surface area (Å²) >= 11 is 0. The van der Waals surface area contributed by atoms with E-state index in [9.17, 15) is 0 Å². The van der Waals surface area contributed by atoms with Crippen molar-refractivity contribution in [2.75, 3.05) is 19.3 Å². The quantitative estimate of drug-likeness (QED) is 0.621. The zero-order chi connectivity index (χ0) is 12.1. The number of hydrogen-bond donors (Lipinski definition) is 2. The molecule has 2 heteroatoms. The maximum Gasteiger partial charge on any atom is 0.0394 e. The Kier molecular flexibility index (Phi) is 3.78. The number of nitrogens with two attached hydrogens (primary N) is 1. The van der Waals surface area contributed by atoms with Crippen molar-refractivity contribution < 1.29 is 0 Å². The van der Waals surface area contributed by atoms with Gasteiger partial charge in [0.1, 0.15) is 0 Å². The highest BCUT2D eigenvalue weighted by molar-refractivity contribution is 5.98. The minimum Gasteiger partial charge on any atom is -0.398 e. The zero-order valence-corrected chi connectivity index (χ0v) is 10.1. The van der Waals surface area contributed by atoms with Crippen LogP contribution in [0.3, 0.4) is 0 Å². The minimum atomic E-state index is 0.841. The van der Waals surface area contributed by atoms with Gasteiger partial charge in [0, 0.05) is 11.1 Å². The van der Waals surface area contributed by atoms with Crippen LogP contribution in [0.4, 0.5) is 5.69 Å². The van der Waals surface area contributed by atoms with Crippen LogP contribution in [0.2, 0.25) is 0 Å². The first kappa shape index (κ1) is 11.7. The lowest BCUT2D eigenvalue weighted by molar-refractivity contribution is 0.809. The predicted molar refractivity (Wildman–Crippen MR) is 75.9 cm³/mol. The Morgan fingerprint density at radius 2 is 1.88 bits per heavy atom. The molecule has 17 heavy (non-hydrogen) atoms. The highest BCUT2D eigenvalue weighted by atomic mass is 14.8. The molecule has 0 bridgehead atoms. The smallest absolute Gasteiger partial charge is 0.0394 e. The van der Waals surface area contributed by atoms with Crippen molar-refractivity contribution >= 4 is 22.5 Å². The summed E-state index contributed by atoms with van der Waals surface area (Å²) < 4.78 is 0. The van der Waals surface area contributed by atoms with E-state index in [0.717, 1.165) is 24.0 Å². The Bertz CT molecular complexity index is 529. The van der Waals surface area contributed by atoms with Crippen molar-refractivity contribution in [1.29, 1.82) is 0 Å². The number of nitrogens with one attached hydrogen (secondary N) is 1. The lowest BCUT2D eigenvalue weighted by atomic mass is 10.0. The van der Waals surface area contributed by atoms with Gasteiger partial charge >= 0.3 is 0 Å². The van der Waals surface area contributed by atoms with Crippen molar-refractivity contribution in [3.05, 3.63) is 48.0 Å². The molecule has 0 fully saturated rings. The minimum absolute atomic E-state index is 0.841. The van der Waals surface area contributed by atoms with Gasteiger partial charge in [-0.15, -0.1) is 0 Å². The fourth-order valence-corrected chi connectivity index (χ4v) is 1.93. The van der Waals surface area contributed by atoms with Crippen LogP contribution in [-0.2, 0) is 0 Å². The van der Waals surface area contributed by atoms with Crippen LogP contribution in [0.1, 0.15) is 12.0 Å². The Balaban J connectivity index is 2.35. The van der Waals surface area contributed by atoms with Gasteiger partial charge < -0.3 is 11.1 Å². The van der Waals surface area contributed by atoms with Gasteiger partial charge in [0.15, 0.2) is 0 Å². The molecular formula is C15H18N2. The van der Waals surface area contributed by atoms with Gasteiger partial charge in [-0.25, -0.2) is 0 Å². The molecular weight excluding hydrogens is 208 g/mol. The zero-order valence-electron chi connectivity index (χ0n) is 10.1. The molecule has 0 unspecified atom stereocenters. The van der Waals surface area contributed by atoms with Gasteiger partial charge in [-0.05, 0) is 37.0 Å². The third-order valence-electron chi connectivity index (χ3n) is 2.85. The van der Waals surface area contributed by atoms with E-state index in [2.05, 4.69) is 35.7 Å². The van der Waals surface area contributed by atoms with Crippen molar-refractivity contribution in [1.82, 2.24) is 5.32 Å². The third kappa shape index (κ3) is 2.66. The molecule has 0 aliphatic carbocycles. The average Bonchev–Trinajstić information content (AvgIpc) is 2.37. The summed E-state index contributed by atoms with van der Waals surface area (Å²) in [5, 5.41) is 5.47. The Hall–Kier alpha value is -1.80. The standard InChI is InChI=1S/C15H18N2/c1-17-11-5-4-6-12-9-10-15(16)14-8-3-2-7-13(12)14/h2-4,6-10,17H,5,11,16H2,1H3. The first-order chi connectivity index (χ1) is 8.33. The van der Waals surface area contributed by atoms with E-state index in [1.54, 1.807) is 0 Å². The second kappa shape index (κ2) is 5.51. The summed E-state index contributed by atoms with van der Waals surface area (Å²) in [6.07, 6.45) is 5.39. The maximum absolute atomic E-state index is 5.97. The van der Waals surface area contributed by atoms with Crippen LogP contribution in [-0.4, -0.2) is 13.6 Å². The molecule has 0 radical (unpaired) electrons. The first-order valence-electron chi connectivity index (χ1n) is 5.91. The fourth-order valence-electron chi connectivity index (χ4n) is 1.93. The summed E-state index contributed by atoms with van der Waals surface area (Å²) in [5.74, 6) is 0. The van der Waals surface area contributed by atoms with Gasteiger partial charge in [0.05, 0.1) is 0 Å². The number of fused-ring (bicyclic) bond motifs is 1. The molecule has 0 amide bonds. The summed E-state index contributed by atoms with van der Waals surface area (Å²) in [6.45, 7) is 1.00. The highest BCUT2D eigenvalue weighted by Gasteiger charge is 2.00. The van der Waals surface area contributed by atoms with Gasteiger partial charge in [-0.3, -0.25) is 0 Å². The van der Waals surface area contributed by atoms with Gasteiger partial charge in [0.25, 0.3) is 0 Å². The normalized spacial score (nSPS) is 11.4. The largest absolute Gasteiger partial charge is 0.398 e. The third-order valence-corrected chi connectivity index (χ3v) is 2.85. The van der Waals surface area contributed by atoms with E-state index < -0.39 is 0 Å². The van der Waals surface area contributed by atoms with Crippen LogP contribution in [0.25, 0.3) is 16.8 Å². The summed E-state index contributed by atoms with van der Waals surface area (Å²) in [7, 11) is 1.96. The second-order valence-electron chi connectivity index (χ2n) is 4.08. The summed E-state index contributed by atoms with van der Waals surface area (Å²) in [5.41, 5.74) is 8.04. The van der Waals surface area contributed by atoms with Gasteiger partial charge in [-0.2, -0.15) is 0 Å². The maximum atomic E-state index is 5.97. The van der Waals surface area contributed by atoms with Crippen molar-refractivity contribution in [2.45, 2.75) is 6.42 Å². The summed E-state index contributed by atoms with van der Waals surface area (Å²) in [4.78, 5) is 0. The predicted octanol–water partition coefficient (Wildman–Crippen LogP) is 3.04. The highest BCUT2D eigenvalue weighted by Crippen LogP contribution is 2.25. The lowest BCUT2D eigenvalue weighted by Crippen LogP contribution is -2.05. The number of rotatable bonds is 4. The molecule has 2 aromatic rings. The van der Waals surface area contributed by atoms with E-state index >= 15 is 0 Å². The SMILES string of the molecule is CNCCC=Cc1ccc(N)c2ccccc12. The molecule has 2 rings (SSSR count). The average molecular weight is 226 g/mol. The molecule has 0 spiro atoms. The number of anilines is 1. The molecule has 0 heterocycles. The molecule has 0 atom stereocenters. The first-order valence-corrected chi connectivity index (χ1v) is 5.91. The molecule has 3 N–H and O–H groups in total. The topological polar surface area (TPSA) is 38.0 Å². The van der Waals surface area contributed by atoms with Crippen molar-refractivity contribution in [2.24, 2.45) is 0 Å². The lowest BCUT2D eigenvalue weighted by Gasteiger charge is -2.05. The van der Waals surface area contributed by atoms with Crippen LogP contribution in [0.5, 0.6) is 0 Å². The van der Waals surface area contributed by atoms with E-state index in [0.29, 0.717) is 0 Å². The number of nitrogen functional groups attached to an aromatic ring is 1. The van der Waals surface area contributed by atoms with Crippen LogP contribution >= 0.6 is 0 Å². The monoisotopic (exact) mass is 226 g/mol. The van der Waals surface area contributed by atoms with Gasteiger partial charge in [0.2, 0.25) is 0 Å². The second-order valence-corrected chi connectivity index (χ2v) is 4.08. The van der Waals surface area contributed by atoms with Crippen molar-refractivity contribution in [3.63, 3.8) is 0 Å². The van der Waals surface area contributed by atoms with Gasteiger partial charge in [-0.1, -0.05) is 42.5 Å². The van der Waals surface area contributed by atoms with Crippen LogP contribution in [0, 0.1) is 0 Å². The molecule has 2 aromatic carbocycles. The number of benzene rings is 2.